The molecule has 2 aliphatic rings. The van der Waals surface area contributed by atoms with E-state index in [2.05, 4.69) is 26.1 Å². The van der Waals surface area contributed by atoms with Crippen LogP contribution in [0.4, 0.5) is 0 Å². The van der Waals surface area contributed by atoms with E-state index in [1.165, 1.54) is 6.42 Å². The number of nitrogens with one attached hydrogen (secondary N) is 1. The molecule has 0 aromatic heterocycles. The van der Waals surface area contributed by atoms with E-state index in [0.29, 0.717) is 24.8 Å². The van der Waals surface area contributed by atoms with Gasteiger partial charge in [0.25, 0.3) is 0 Å². The summed E-state index contributed by atoms with van der Waals surface area (Å²) in [6.45, 7) is 6.61. The molecule has 118 valence electrons. The summed E-state index contributed by atoms with van der Waals surface area (Å²) in [4.78, 5) is 12.2. The molecule has 1 amide bonds. The molecule has 5 heteroatoms. The Bertz CT molecular complexity index is 341. The van der Waals surface area contributed by atoms with Crippen molar-refractivity contribution in [2.75, 3.05) is 6.54 Å². The van der Waals surface area contributed by atoms with Crippen molar-refractivity contribution >= 4 is 18.3 Å². The summed E-state index contributed by atoms with van der Waals surface area (Å²) < 4.78 is 0. The van der Waals surface area contributed by atoms with Gasteiger partial charge >= 0.3 is 0 Å². The van der Waals surface area contributed by atoms with Crippen LogP contribution in [0, 0.1) is 23.2 Å². The van der Waals surface area contributed by atoms with Crippen LogP contribution < -0.4 is 11.1 Å². The van der Waals surface area contributed by atoms with Crippen LogP contribution in [0.3, 0.4) is 0 Å². The van der Waals surface area contributed by atoms with Crippen molar-refractivity contribution in [3.05, 3.63) is 0 Å². The van der Waals surface area contributed by atoms with Crippen LogP contribution in [0.1, 0.15) is 46.5 Å². The maximum atomic E-state index is 12.2. The van der Waals surface area contributed by atoms with Gasteiger partial charge in [-0.2, -0.15) is 0 Å². The maximum absolute atomic E-state index is 12.2. The highest BCUT2D eigenvalue weighted by atomic mass is 35.5. The molecule has 0 spiro atoms. The van der Waals surface area contributed by atoms with Gasteiger partial charge in [-0.15, -0.1) is 12.4 Å². The summed E-state index contributed by atoms with van der Waals surface area (Å²) in [6.07, 6.45) is 3.65. The first kappa shape index (κ1) is 17.7. The SMILES string of the molecule is CC(C)(C)CC(O)CNC(=O)C1C2CCC(C2)C1N.Cl. The van der Waals surface area contributed by atoms with Crippen molar-refractivity contribution in [2.24, 2.45) is 28.9 Å². The molecule has 5 unspecified atom stereocenters. The van der Waals surface area contributed by atoms with E-state index in [-0.39, 0.29) is 35.7 Å². The number of carbonyl (C=O) groups is 1. The summed E-state index contributed by atoms with van der Waals surface area (Å²) in [5.41, 5.74) is 6.23. The molecular weight excluding hydrogens is 276 g/mol. The van der Waals surface area contributed by atoms with Crippen LogP contribution >= 0.6 is 12.4 Å². The molecule has 2 fully saturated rings. The average molecular weight is 305 g/mol. The maximum Gasteiger partial charge on any atom is 0.225 e. The summed E-state index contributed by atoms with van der Waals surface area (Å²) in [5, 5.41) is 12.8. The van der Waals surface area contributed by atoms with Gasteiger partial charge < -0.3 is 16.2 Å². The average Bonchev–Trinajstić information content (AvgIpc) is 2.83. The minimum atomic E-state index is -0.473. The fourth-order valence-electron chi connectivity index (χ4n) is 3.84. The van der Waals surface area contributed by atoms with E-state index >= 15 is 0 Å². The molecule has 0 radical (unpaired) electrons. The number of fused-ring (bicyclic) bond motifs is 2. The quantitative estimate of drug-likeness (QED) is 0.740. The summed E-state index contributed by atoms with van der Waals surface area (Å²) >= 11 is 0. The van der Waals surface area contributed by atoms with Crippen LogP contribution in [0.5, 0.6) is 0 Å². The van der Waals surface area contributed by atoms with Gasteiger partial charge in [0.05, 0.1) is 12.0 Å². The Hall–Kier alpha value is -0.320. The van der Waals surface area contributed by atoms with E-state index in [1.807, 2.05) is 0 Å². The molecule has 0 heterocycles. The van der Waals surface area contributed by atoms with Crippen LogP contribution in [0.25, 0.3) is 0 Å². The van der Waals surface area contributed by atoms with E-state index in [4.69, 9.17) is 5.73 Å². The number of hydrogen-bond acceptors (Lipinski definition) is 3. The van der Waals surface area contributed by atoms with Gasteiger partial charge in [0.1, 0.15) is 0 Å². The molecule has 0 saturated heterocycles. The second-order valence-corrected chi connectivity index (χ2v) is 7.60. The van der Waals surface area contributed by atoms with E-state index in [0.717, 1.165) is 12.8 Å². The Morgan fingerprint density at radius 2 is 1.95 bits per heavy atom. The van der Waals surface area contributed by atoms with Crippen molar-refractivity contribution in [1.29, 1.82) is 0 Å². The van der Waals surface area contributed by atoms with Gasteiger partial charge in [-0.25, -0.2) is 0 Å². The molecule has 4 nitrogen and oxygen atoms in total. The molecule has 0 aromatic rings. The van der Waals surface area contributed by atoms with E-state index in [1.54, 1.807) is 0 Å². The summed E-state index contributed by atoms with van der Waals surface area (Å²) in [6, 6.07) is 0.0264. The third-order valence-corrected chi connectivity index (χ3v) is 4.64. The second kappa shape index (κ2) is 6.63. The standard InChI is InChI=1S/C15H28N2O2.ClH/c1-15(2,3)7-11(18)8-17-14(19)12-9-4-5-10(6-9)13(12)16;/h9-13,18H,4-8,16H2,1-3H3,(H,17,19);1H. The summed E-state index contributed by atoms with van der Waals surface area (Å²) in [7, 11) is 0. The molecule has 2 aliphatic carbocycles. The van der Waals surface area contributed by atoms with Crippen molar-refractivity contribution in [1.82, 2.24) is 5.32 Å². The fraction of sp³-hybridized carbons (Fsp3) is 0.933. The fourth-order valence-corrected chi connectivity index (χ4v) is 3.84. The zero-order valence-corrected chi connectivity index (χ0v) is 13.6. The van der Waals surface area contributed by atoms with E-state index in [9.17, 15) is 9.90 Å². The molecule has 2 bridgehead atoms. The summed E-state index contributed by atoms with van der Waals surface area (Å²) in [5.74, 6) is 1.04. The third-order valence-electron chi connectivity index (χ3n) is 4.64. The number of hydrogen-bond donors (Lipinski definition) is 3. The molecule has 0 aromatic carbocycles. The minimum absolute atomic E-state index is 0. The van der Waals surface area contributed by atoms with Gasteiger partial charge in [-0.05, 0) is 42.9 Å². The first-order chi connectivity index (χ1) is 8.78. The molecule has 2 rings (SSSR count). The van der Waals surface area contributed by atoms with Crippen LogP contribution in [0.15, 0.2) is 0 Å². The molecule has 4 N–H and O–H groups in total. The van der Waals surface area contributed by atoms with E-state index < -0.39 is 6.10 Å². The lowest BCUT2D eigenvalue weighted by Gasteiger charge is -2.28. The molecule has 2 saturated carbocycles. The normalized spacial score (nSPS) is 33.6. The zero-order chi connectivity index (χ0) is 14.2. The van der Waals surface area contributed by atoms with Crippen LogP contribution in [-0.4, -0.2) is 29.7 Å². The Morgan fingerprint density at radius 1 is 1.35 bits per heavy atom. The third kappa shape index (κ3) is 4.09. The first-order valence-electron chi connectivity index (χ1n) is 7.49. The Morgan fingerprint density at radius 3 is 2.45 bits per heavy atom. The monoisotopic (exact) mass is 304 g/mol. The molecule has 5 atom stereocenters. The topological polar surface area (TPSA) is 75.3 Å². The number of amides is 1. The molecular formula is C15H29ClN2O2. The van der Waals surface area contributed by atoms with Crippen molar-refractivity contribution in [3.63, 3.8) is 0 Å². The van der Waals surface area contributed by atoms with Gasteiger partial charge in [0, 0.05) is 12.6 Å². The predicted molar refractivity (Wildman–Crippen MR) is 82.6 cm³/mol. The lowest BCUT2D eigenvalue weighted by molar-refractivity contribution is -0.127. The lowest BCUT2D eigenvalue weighted by Crippen LogP contribution is -2.47. The van der Waals surface area contributed by atoms with Crippen LogP contribution in [-0.2, 0) is 4.79 Å². The van der Waals surface area contributed by atoms with Gasteiger partial charge in [0.15, 0.2) is 0 Å². The Balaban J connectivity index is 0.00000200. The number of rotatable bonds is 4. The van der Waals surface area contributed by atoms with Gasteiger partial charge in [0.2, 0.25) is 5.91 Å². The number of carbonyl (C=O) groups excluding carboxylic acids is 1. The van der Waals surface area contributed by atoms with Gasteiger partial charge in [-0.1, -0.05) is 20.8 Å². The highest BCUT2D eigenvalue weighted by molar-refractivity contribution is 5.85. The van der Waals surface area contributed by atoms with Gasteiger partial charge in [-0.3, -0.25) is 4.79 Å². The van der Waals surface area contributed by atoms with Crippen molar-refractivity contribution in [3.8, 4) is 0 Å². The predicted octanol–water partition coefficient (Wildman–Crippen LogP) is 1.69. The largest absolute Gasteiger partial charge is 0.391 e. The second-order valence-electron chi connectivity index (χ2n) is 7.60. The number of aliphatic hydroxyl groups is 1. The minimum Gasteiger partial charge on any atom is -0.391 e. The number of nitrogens with two attached hydrogens (primary N) is 1. The molecule has 20 heavy (non-hydrogen) atoms. The van der Waals surface area contributed by atoms with Crippen molar-refractivity contribution < 1.29 is 9.90 Å². The highest BCUT2D eigenvalue weighted by Crippen LogP contribution is 2.47. The Labute approximate surface area is 128 Å². The highest BCUT2D eigenvalue weighted by Gasteiger charge is 2.48. The number of aliphatic hydroxyl groups excluding tert-OH is 1. The van der Waals surface area contributed by atoms with Crippen LogP contribution in [0.2, 0.25) is 0 Å². The lowest BCUT2D eigenvalue weighted by atomic mass is 9.84. The molecule has 0 aliphatic heterocycles. The number of halogens is 1. The first-order valence-corrected chi connectivity index (χ1v) is 7.49. The Kier molecular flexibility index (Phi) is 5.88. The smallest absolute Gasteiger partial charge is 0.225 e. The zero-order valence-electron chi connectivity index (χ0n) is 12.8. The van der Waals surface area contributed by atoms with Crippen molar-refractivity contribution in [2.45, 2.75) is 58.6 Å².